The van der Waals surface area contributed by atoms with E-state index in [2.05, 4.69) is 15.5 Å². The first-order valence-corrected chi connectivity index (χ1v) is 6.22. The molecule has 96 valence electrons. The van der Waals surface area contributed by atoms with Crippen molar-refractivity contribution >= 4 is 28.2 Å². The number of H-pyrrole nitrogens is 1. The maximum Gasteiger partial charge on any atom is 0.129 e. The van der Waals surface area contributed by atoms with E-state index in [1.807, 2.05) is 18.2 Å². The molecule has 5 heteroatoms. The molecule has 0 saturated heterocycles. The van der Waals surface area contributed by atoms with Crippen LogP contribution in [0.2, 0.25) is 5.02 Å². The number of nitrogens with one attached hydrogen (secondary N) is 2. The predicted octanol–water partition coefficient (Wildman–Crippen LogP) is 3.97. The number of rotatable bonds is 3. The topological polar surface area (TPSA) is 40.7 Å². The molecule has 0 atom stereocenters. The smallest absolute Gasteiger partial charge is 0.129 e. The number of hydrogen-bond acceptors (Lipinski definition) is 2. The summed E-state index contributed by atoms with van der Waals surface area (Å²) in [6.07, 6.45) is 1.75. The van der Waals surface area contributed by atoms with Crippen LogP contribution in [-0.2, 0) is 6.54 Å². The van der Waals surface area contributed by atoms with Gasteiger partial charge in [-0.1, -0.05) is 29.8 Å². The molecule has 3 aromatic rings. The molecule has 0 fully saturated rings. The first-order valence-electron chi connectivity index (χ1n) is 5.84. The second-order valence-electron chi connectivity index (χ2n) is 4.23. The van der Waals surface area contributed by atoms with Crippen molar-refractivity contribution in [3.63, 3.8) is 0 Å². The van der Waals surface area contributed by atoms with Gasteiger partial charge in [-0.05, 0) is 18.2 Å². The molecule has 0 spiro atoms. The lowest BCUT2D eigenvalue weighted by atomic mass is 10.2. The lowest BCUT2D eigenvalue weighted by Gasteiger charge is -2.08. The molecule has 0 unspecified atom stereocenters. The third-order valence-electron chi connectivity index (χ3n) is 2.96. The fourth-order valence-electron chi connectivity index (χ4n) is 1.97. The fourth-order valence-corrected chi connectivity index (χ4v) is 2.13. The summed E-state index contributed by atoms with van der Waals surface area (Å²) in [5.74, 6) is -0.309. The molecule has 3 rings (SSSR count). The van der Waals surface area contributed by atoms with Gasteiger partial charge in [0.05, 0.1) is 17.4 Å². The van der Waals surface area contributed by atoms with E-state index >= 15 is 0 Å². The summed E-state index contributed by atoms with van der Waals surface area (Å²) >= 11 is 5.72. The molecule has 0 aliphatic rings. The number of aromatic amines is 1. The van der Waals surface area contributed by atoms with Crippen molar-refractivity contribution < 1.29 is 4.39 Å². The van der Waals surface area contributed by atoms with Crippen molar-refractivity contribution in [3.05, 3.63) is 59.0 Å². The van der Waals surface area contributed by atoms with Gasteiger partial charge >= 0.3 is 0 Å². The van der Waals surface area contributed by atoms with Crippen molar-refractivity contribution in [1.82, 2.24) is 10.2 Å². The molecule has 3 nitrogen and oxygen atoms in total. The summed E-state index contributed by atoms with van der Waals surface area (Å²) in [5.41, 5.74) is 2.38. The van der Waals surface area contributed by atoms with Crippen LogP contribution in [0, 0.1) is 5.82 Å². The van der Waals surface area contributed by atoms with Crippen LogP contribution in [-0.4, -0.2) is 10.2 Å². The minimum atomic E-state index is -0.309. The summed E-state index contributed by atoms with van der Waals surface area (Å²) in [5, 5.41) is 11.5. The zero-order valence-electron chi connectivity index (χ0n) is 9.95. The quantitative estimate of drug-likeness (QED) is 0.759. The molecule has 0 aliphatic heterocycles. The van der Waals surface area contributed by atoms with Crippen molar-refractivity contribution in [2.24, 2.45) is 0 Å². The lowest BCUT2D eigenvalue weighted by molar-refractivity contribution is 0.613. The molecule has 1 heterocycles. The van der Waals surface area contributed by atoms with Crippen LogP contribution in [0.25, 0.3) is 10.9 Å². The highest BCUT2D eigenvalue weighted by molar-refractivity contribution is 6.30. The Labute approximate surface area is 114 Å². The molecule has 0 radical (unpaired) electrons. The van der Waals surface area contributed by atoms with Gasteiger partial charge in [0.15, 0.2) is 0 Å². The van der Waals surface area contributed by atoms with E-state index in [1.165, 1.54) is 6.07 Å². The molecule has 2 aromatic carbocycles. The van der Waals surface area contributed by atoms with Gasteiger partial charge in [-0.2, -0.15) is 5.10 Å². The number of nitrogens with zero attached hydrogens (tertiary/aromatic N) is 1. The first-order chi connectivity index (χ1) is 9.24. The van der Waals surface area contributed by atoms with Crippen LogP contribution in [0.4, 0.5) is 10.1 Å². The Balaban J connectivity index is 1.84. The largest absolute Gasteiger partial charge is 0.379 e. The lowest BCUT2D eigenvalue weighted by Crippen LogP contribution is -2.02. The molecule has 2 N–H and O–H groups in total. The van der Waals surface area contributed by atoms with E-state index in [4.69, 9.17) is 11.6 Å². The third kappa shape index (κ3) is 2.39. The number of hydrogen-bond donors (Lipinski definition) is 2. The number of benzene rings is 2. The summed E-state index contributed by atoms with van der Waals surface area (Å²) in [6.45, 7) is 0.390. The fraction of sp³-hybridized carbons (Fsp3) is 0.0714. The Bertz CT molecular complexity index is 724. The Hall–Kier alpha value is -2.07. The van der Waals surface area contributed by atoms with Crippen LogP contribution < -0.4 is 5.32 Å². The second-order valence-corrected chi connectivity index (χ2v) is 4.67. The summed E-state index contributed by atoms with van der Waals surface area (Å²) in [4.78, 5) is 0. The van der Waals surface area contributed by atoms with Gasteiger partial charge in [-0.15, -0.1) is 0 Å². The molecule has 0 amide bonds. The summed E-state index contributed by atoms with van der Waals surface area (Å²) in [7, 11) is 0. The molecule has 1 aromatic heterocycles. The van der Waals surface area contributed by atoms with E-state index in [9.17, 15) is 4.39 Å². The first kappa shape index (κ1) is 12.0. The van der Waals surface area contributed by atoms with Gasteiger partial charge in [0.1, 0.15) is 5.82 Å². The molecule has 19 heavy (non-hydrogen) atoms. The van der Waals surface area contributed by atoms with Crippen LogP contribution in [0.5, 0.6) is 0 Å². The molecule has 0 bridgehead atoms. The third-order valence-corrected chi connectivity index (χ3v) is 3.20. The van der Waals surface area contributed by atoms with Crippen LogP contribution in [0.3, 0.4) is 0 Å². The molecule has 0 saturated carbocycles. The summed E-state index contributed by atoms with van der Waals surface area (Å²) < 4.78 is 13.7. The van der Waals surface area contributed by atoms with Gasteiger partial charge < -0.3 is 5.32 Å². The zero-order valence-corrected chi connectivity index (χ0v) is 10.7. The van der Waals surface area contributed by atoms with E-state index in [-0.39, 0.29) is 5.82 Å². The Kier molecular flexibility index (Phi) is 3.09. The molecule has 0 aliphatic carbocycles. The van der Waals surface area contributed by atoms with Crippen molar-refractivity contribution in [2.45, 2.75) is 6.54 Å². The van der Waals surface area contributed by atoms with Crippen molar-refractivity contribution in [3.8, 4) is 0 Å². The highest BCUT2D eigenvalue weighted by Crippen LogP contribution is 2.22. The van der Waals surface area contributed by atoms with Gasteiger partial charge in [-0.3, -0.25) is 5.10 Å². The van der Waals surface area contributed by atoms with Crippen LogP contribution >= 0.6 is 11.6 Å². The summed E-state index contributed by atoms with van der Waals surface area (Å²) in [6, 6.07) is 10.5. The van der Waals surface area contributed by atoms with Crippen LogP contribution in [0.15, 0.2) is 42.6 Å². The SMILES string of the molecule is Fc1cc(Cl)ccc1CNc1cccc2cn[nH]c12. The highest BCUT2D eigenvalue weighted by atomic mass is 35.5. The van der Waals surface area contributed by atoms with Crippen molar-refractivity contribution in [2.75, 3.05) is 5.32 Å². The van der Waals surface area contributed by atoms with Gasteiger partial charge in [0, 0.05) is 22.5 Å². The highest BCUT2D eigenvalue weighted by Gasteiger charge is 2.05. The van der Waals surface area contributed by atoms with Gasteiger partial charge in [-0.25, -0.2) is 4.39 Å². The maximum absolute atomic E-state index is 13.7. The van der Waals surface area contributed by atoms with E-state index < -0.39 is 0 Å². The number of anilines is 1. The predicted molar refractivity (Wildman–Crippen MR) is 74.8 cm³/mol. The average molecular weight is 276 g/mol. The minimum absolute atomic E-state index is 0.309. The van der Waals surface area contributed by atoms with E-state index in [0.29, 0.717) is 17.1 Å². The van der Waals surface area contributed by atoms with Gasteiger partial charge in [0.25, 0.3) is 0 Å². The monoisotopic (exact) mass is 275 g/mol. The van der Waals surface area contributed by atoms with E-state index in [1.54, 1.807) is 18.3 Å². The molecular weight excluding hydrogens is 265 g/mol. The Morgan fingerprint density at radius 3 is 3.00 bits per heavy atom. The van der Waals surface area contributed by atoms with Crippen molar-refractivity contribution in [1.29, 1.82) is 0 Å². The average Bonchev–Trinajstić information content (AvgIpc) is 2.86. The van der Waals surface area contributed by atoms with Crippen LogP contribution in [0.1, 0.15) is 5.56 Å². The Morgan fingerprint density at radius 2 is 2.16 bits per heavy atom. The van der Waals surface area contributed by atoms with Gasteiger partial charge in [0.2, 0.25) is 0 Å². The second kappa shape index (κ2) is 4.90. The number of fused-ring (bicyclic) bond motifs is 1. The maximum atomic E-state index is 13.7. The number of aromatic nitrogens is 2. The normalized spacial score (nSPS) is 10.8. The molecular formula is C14H11ClFN3. The minimum Gasteiger partial charge on any atom is -0.379 e. The number of para-hydroxylation sites is 1. The number of halogens is 2. The zero-order chi connectivity index (χ0) is 13.2. The standard InChI is InChI=1S/C14H11ClFN3/c15-11-5-4-9(12(16)6-11)7-17-13-3-1-2-10-8-18-19-14(10)13/h1-6,8,17H,7H2,(H,18,19). The van der Waals surface area contributed by atoms with E-state index in [0.717, 1.165) is 16.6 Å². The Morgan fingerprint density at radius 1 is 1.26 bits per heavy atom.